The van der Waals surface area contributed by atoms with E-state index in [4.69, 9.17) is 39.9 Å². The van der Waals surface area contributed by atoms with Crippen molar-refractivity contribution in [2.24, 2.45) is 0 Å². The van der Waals surface area contributed by atoms with Crippen LogP contribution in [0.15, 0.2) is 121 Å². The molecule has 3 aromatic heterocycles. The minimum Gasteiger partial charge on any atom is -0.357 e. The minimum absolute atomic E-state index is 0. The maximum atomic E-state index is 5.08. The number of hydrogen-bond acceptors (Lipinski definition) is 6. The van der Waals surface area contributed by atoms with Crippen molar-refractivity contribution >= 4 is 44.1 Å². The molecule has 2 aliphatic heterocycles. The van der Waals surface area contributed by atoms with Gasteiger partial charge in [0.05, 0.1) is 23.3 Å². The summed E-state index contributed by atoms with van der Waals surface area (Å²) >= 11 is 0. The molecule has 214 valence electrons. The number of nitrogens with zero attached hydrogens (tertiary/aromatic N) is 8. The van der Waals surface area contributed by atoms with E-state index in [1.165, 1.54) is 0 Å². The molecule has 9 heteroatoms. The first-order valence-corrected chi connectivity index (χ1v) is 15.0. The van der Waals surface area contributed by atoms with Gasteiger partial charge in [0.1, 0.15) is 0 Å². The smallest absolute Gasteiger partial charge is 0.357 e. The zero-order valence-corrected chi connectivity index (χ0v) is 27.8. The maximum Gasteiger partial charge on any atom is 2.00 e. The maximum absolute atomic E-state index is 5.08. The molecule has 5 aromatic carbocycles. The zero-order chi connectivity index (χ0) is 30.2. The van der Waals surface area contributed by atoms with Gasteiger partial charge >= 0.3 is 19.5 Å². The van der Waals surface area contributed by atoms with Gasteiger partial charge in [0, 0.05) is 44.8 Å². The van der Waals surface area contributed by atoms with Gasteiger partial charge in [-0.2, -0.15) is 0 Å². The second-order valence-electron chi connectivity index (χ2n) is 11.2. The molecule has 10 rings (SSSR count). The fourth-order valence-electron chi connectivity index (χ4n) is 6.32. The van der Waals surface area contributed by atoms with Gasteiger partial charge < -0.3 is 29.9 Å². The molecule has 0 spiro atoms. The van der Waals surface area contributed by atoms with Gasteiger partial charge in [-0.3, -0.25) is 0 Å². The fraction of sp³-hybridized carbons (Fsp3) is 0. The molecule has 0 aliphatic carbocycles. The van der Waals surface area contributed by atoms with Crippen molar-refractivity contribution in [3.63, 3.8) is 0 Å². The van der Waals surface area contributed by atoms with E-state index in [0.717, 1.165) is 54.9 Å². The predicted octanol–water partition coefficient (Wildman–Crippen LogP) is 7.79. The van der Waals surface area contributed by atoms with Gasteiger partial charge in [0.15, 0.2) is 0 Å². The van der Waals surface area contributed by atoms with E-state index < -0.39 is 0 Å². The van der Waals surface area contributed by atoms with Gasteiger partial charge in [-0.25, -0.2) is 9.97 Å². The van der Waals surface area contributed by atoms with Crippen LogP contribution in [0.4, 0.5) is 0 Å². The minimum atomic E-state index is 0. The molecule has 8 aromatic rings. The van der Waals surface area contributed by atoms with Crippen LogP contribution in [0, 0.1) is 0 Å². The normalized spacial score (nSPS) is 11.7. The summed E-state index contributed by atoms with van der Waals surface area (Å²) in [5, 5.41) is 3.53. The summed E-state index contributed by atoms with van der Waals surface area (Å²) in [6, 6.07) is 40.5. The van der Waals surface area contributed by atoms with Crippen molar-refractivity contribution in [1.82, 2.24) is 39.9 Å². The van der Waals surface area contributed by atoms with E-state index in [9.17, 15) is 0 Å². The Kier molecular flexibility index (Phi) is 6.17. The summed E-state index contributed by atoms with van der Waals surface area (Å²) in [5.74, 6) is 2.17. The first-order chi connectivity index (χ1) is 22.8. The Morgan fingerprint density at radius 2 is 0.702 bits per heavy atom. The van der Waals surface area contributed by atoms with E-state index in [0.29, 0.717) is 45.9 Å². The molecule has 0 N–H and O–H groups in total. The summed E-state index contributed by atoms with van der Waals surface area (Å²) in [5.41, 5.74) is 7.87. The molecule has 0 fully saturated rings. The molecule has 0 saturated heterocycles. The molecule has 8 bridgehead atoms. The van der Waals surface area contributed by atoms with E-state index in [1.54, 1.807) is 0 Å². The Bertz CT molecular complexity index is 2710. The van der Waals surface area contributed by atoms with Crippen LogP contribution >= 0.6 is 0 Å². The molecule has 0 atom stereocenters. The number of hydrogen-bond donors (Lipinski definition) is 0. The monoisotopic (exact) mass is 652 g/mol. The number of benzene rings is 5. The molecule has 5 heterocycles. The summed E-state index contributed by atoms with van der Waals surface area (Å²) < 4.78 is 0. The van der Waals surface area contributed by atoms with Crippen molar-refractivity contribution in [3.8, 4) is 56.7 Å². The van der Waals surface area contributed by atoms with Crippen molar-refractivity contribution < 1.29 is 19.5 Å². The van der Waals surface area contributed by atoms with E-state index in [1.807, 2.05) is 91.0 Å². The van der Waals surface area contributed by atoms with Gasteiger partial charge in [-0.05, 0) is 38.7 Å². The number of rotatable bonds is 1. The molecule has 0 radical (unpaired) electrons. The second kappa shape index (κ2) is 10.6. The number of aromatic nitrogens is 8. The van der Waals surface area contributed by atoms with Crippen molar-refractivity contribution in [2.45, 2.75) is 0 Å². The summed E-state index contributed by atoms with van der Waals surface area (Å²) in [6.07, 6.45) is 0. The summed E-state index contributed by atoms with van der Waals surface area (Å²) in [6.45, 7) is 0. The van der Waals surface area contributed by atoms with Crippen molar-refractivity contribution in [2.75, 3.05) is 0 Å². The Balaban J connectivity index is 0.00000302. The van der Waals surface area contributed by atoms with E-state index in [2.05, 4.69) is 30.3 Å². The molecule has 8 nitrogen and oxygen atoms in total. The van der Waals surface area contributed by atoms with Crippen LogP contribution in [0.25, 0.3) is 101 Å². The summed E-state index contributed by atoms with van der Waals surface area (Å²) in [4.78, 5) is 39.9. The second-order valence-corrected chi connectivity index (χ2v) is 11.2. The Labute approximate surface area is 280 Å². The average Bonchev–Trinajstić information content (AvgIpc) is 3.84. The predicted molar refractivity (Wildman–Crippen MR) is 179 cm³/mol. The Morgan fingerprint density at radius 1 is 0.319 bits per heavy atom. The molecule has 0 amide bonds. The molecular weight excluding hydrogens is 634 g/mol. The quantitative estimate of drug-likeness (QED) is 0.165. The van der Waals surface area contributed by atoms with Crippen LogP contribution in [0.5, 0.6) is 0 Å². The average molecular weight is 654 g/mol. The van der Waals surface area contributed by atoms with E-state index >= 15 is 0 Å². The standard InChI is InChI=1S/C38H20N8.Zn/c1-2-10-21(11-3-1)22-18-19-29-30(20-22)38-45-36-28-17-9-8-16-27(28)34(43-36)41-32-24-13-5-4-12-23(24)31(39-32)40-33-25-14-6-7-15-26(25)35(42-33)44-37(29)46-38;/h1-20H;/q-2;+2. The topological polar surface area (TPSA) is 106 Å². The largest absolute Gasteiger partial charge is 2.00 e. The molecule has 2 aliphatic rings. The van der Waals surface area contributed by atoms with Gasteiger partial charge in [-0.1, -0.05) is 115 Å². The van der Waals surface area contributed by atoms with Crippen LogP contribution in [0.1, 0.15) is 0 Å². The molecule has 0 saturated carbocycles. The van der Waals surface area contributed by atoms with Crippen LogP contribution in [0.2, 0.25) is 0 Å². The summed E-state index contributed by atoms with van der Waals surface area (Å²) in [7, 11) is 0. The van der Waals surface area contributed by atoms with Gasteiger partial charge in [-0.15, -0.1) is 0 Å². The number of fused-ring (bicyclic) bond motifs is 20. The van der Waals surface area contributed by atoms with Crippen LogP contribution in [-0.2, 0) is 19.5 Å². The Morgan fingerprint density at radius 3 is 1.17 bits per heavy atom. The third-order valence-electron chi connectivity index (χ3n) is 8.53. The molecule has 47 heavy (non-hydrogen) atoms. The van der Waals surface area contributed by atoms with Crippen molar-refractivity contribution in [1.29, 1.82) is 0 Å². The Hall–Kier alpha value is -5.92. The first kappa shape index (κ1) is 27.4. The van der Waals surface area contributed by atoms with E-state index in [-0.39, 0.29) is 19.5 Å². The molecule has 0 unspecified atom stereocenters. The van der Waals surface area contributed by atoms with Crippen LogP contribution < -0.4 is 9.97 Å². The van der Waals surface area contributed by atoms with Gasteiger partial charge in [0.25, 0.3) is 0 Å². The van der Waals surface area contributed by atoms with Gasteiger partial charge in [0.2, 0.25) is 0 Å². The third-order valence-corrected chi connectivity index (χ3v) is 8.53. The fourth-order valence-corrected chi connectivity index (χ4v) is 6.32. The third kappa shape index (κ3) is 4.31. The van der Waals surface area contributed by atoms with Crippen LogP contribution in [0.3, 0.4) is 0 Å². The van der Waals surface area contributed by atoms with Crippen LogP contribution in [-0.4, -0.2) is 29.9 Å². The zero-order valence-electron chi connectivity index (χ0n) is 24.8. The molecular formula is C38H20N8Zn. The SMILES string of the molecule is [Zn+2].c1ccc(-c2ccc3c4nc5nc(nc6[n-]c(nc7nc(nc([n-]4)c3c2)-c2ccccc2-7)c2ccccc62)-c2ccccc2-5)cc1. The first-order valence-electron chi connectivity index (χ1n) is 15.0. The van der Waals surface area contributed by atoms with Crippen molar-refractivity contribution in [3.05, 3.63) is 121 Å².